The highest BCUT2D eigenvalue weighted by Crippen LogP contribution is 2.35. The number of nitrogens with one attached hydrogen (secondary N) is 1. The molecule has 1 fully saturated rings. The van der Waals surface area contributed by atoms with E-state index in [0.29, 0.717) is 5.82 Å². The Morgan fingerprint density at radius 1 is 1.52 bits per heavy atom. The second-order valence-electron chi connectivity index (χ2n) is 5.70. The molecule has 0 spiro atoms. The van der Waals surface area contributed by atoms with E-state index >= 15 is 0 Å². The van der Waals surface area contributed by atoms with Crippen molar-refractivity contribution in [2.24, 2.45) is 0 Å². The largest absolute Gasteiger partial charge is 0.455 e. The first-order valence-electron chi connectivity index (χ1n) is 7.75. The topological polar surface area (TPSA) is 145 Å². The van der Waals surface area contributed by atoms with Gasteiger partial charge in [0.25, 0.3) is 5.56 Å². The standard InChI is InChI=1S/C14H19N5O5S/c1-3-7(20)24-10-9(21)6(4-25)23-13(10)19-5(2)16-8-11(19)17-14(15)18-12(8)22/h6,9-10,13,21,25H,3-4H2,1-2H3,(H3,15,17,18,22)/t6-,9-,10-,13-/m1/s1. The van der Waals surface area contributed by atoms with Gasteiger partial charge in [-0.1, -0.05) is 6.92 Å². The number of H-pyrrole nitrogens is 1. The molecular weight excluding hydrogens is 350 g/mol. The van der Waals surface area contributed by atoms with Crippen molar-refractivity contribution in [1.82, 2.24) is 19.5 Å². The number of hydrogen-bond donors (Lipinski definition) is 4. The zero-order valence-corrected chi connectivity index (χ0v) is 14.6. The van der Waals surface area contributed by atoms with Gasteiger partial charge in [0.1, 0.15) is 11.9 Å². The van der Waals surface area contributed by atoms with Gasteiger partial charge >= 0.3 is 5.97 Å². The number of aromatic amines is 1. The lowest BCUT2D eigenvalue weighted by molar-refractivity contribution is -0.158. The van der Waals surface area contributed by atoms with Gasteiger partial charge < -0.3 is 20.3 Å². The number of carbonyl (C=O) groups excluding carboxylic acids is 1. The smallest absolute Gasteiger partial charge is 0.306 e. The predicted molar refractivity (Wildman–Crippen MR) is 91.2 cm³/mol. The Labute approximate surface area is 147 Å². The number of nitrogen functional groups attached to an aromatic ring is 1. The highest BCUT2D eigenvalue weighted by Gasteiger charge is 2.47. The molecule has 2 aromatic rings. The van der Waals surface area contributed by atoms with Gasteiger partial charge in [-0.2, -0.15) is 17.6 Å². The Bertz CT molecular complexity index is 865. The van der Waals surface area contributed by atoms with Crippen molar-refractivity contribution in [3.63, 3.8) is 0 Å². The molecule has 4 N–H and O–H groups in total. The summed E-state index contributed by atoms with van der Waals surface area (Å²) in [6, 6.07) is 0. The molecule has 3 heterocycles. The summed E-state index contributed by atoms with van der Waals surface area (Å²) >= 11 is 4.16. The molecule has 1 aliphatic rings. The van der Waals surface area contributed by atoms with Crippen LogP contribution in [0.2, 0.25) is 0 Å². The van der Waals surface area contributed by atoms with Gasteiger partial charge in [0.2, 0.25) is 5.95 Å². The average Bonchev–Trinajstić information content (AvgIpc) is 3.05. The Kier molecular flexibility index (Phi) is 4.71. The third-order valence-electron chi connectivity index (χ3n) is 4.05. The minimum Gasteiger partial charge on any atom is -0.455 e. The molecule has 136 valence electrons. The van der Waals surface area contributed by atoms with E-state index in [-0.39, 0.29) is 29.3 Å². The molecule has 0 radical (unpaired) electrons. The maximum Gasteiger partial charge on any atom is 0.306 e. The fourth-order valence-electron chi connectivity index (χ4n) is 2.85. The maximum atomic E-state index is 12.0. The number of rotatable bonds is 4. The first-order chi connectivity index (χ1) is 11.9. The molecule has 2 aromatic heterocycles. The van der Waals surface area contributed by atoms with Crippen molar-refractivity contribution in [3.05, 3.63) is 16.2 Å². The molecule has 0 aromatic carbocycles. The normalized spacial score (nSPS) is 26.2. The summed E-state index contributed by atoms with van der Waals surface area (Å²) in [7, 11) is 0. The van der Waals surface area contributed by atoms with Crippen LogP contribution >= 0.6 is 12.6 Å². The quantitative estimate of drug-likeness (QED) is 0.418. The fourth-order valence-corrected chi connectivity index (χ4v) is 3.16. The molecule has 0 bridgehead atoms. The van der Waals surface area contributed by atoms with Gasteiger partial charge in [0.05, 0.1) is 6.10 Å². The van der Waals surface area contributed by atoms with Gasteiger partial charge in [-0.3, -0.25) is 19.1 Å². The highest BCUT2D eigenvalue weighted by atomic mass is 32.1. The average molecular weight is 369 g/mol. The Balaban J connectivity index is 2.12. The minimum absolute atomic E-state index is 0.0787. The molecule has 1 aliphatic heterocycles. The van der Waals surface area contributed by atoms with Crippen molar-refractivity contribution in [3.8, 4) is 0 Å². The molecule has 0 saturated carbocycles. The van der Waals surface area contributed by atoms with E-state index in [4.69, 9.17) is 15.2 Å². The summed E-state index contributed by atoms with van der Waals surface area (Å²) in [4.78, 5) is 34.5. The highest BCUT2D eigenvalue weighted by molar-refractivity contribution is 7.80. The van der Waals surface area contributed by atoms with Crippen LogP contribution in [-0.2, 0) is 14.3 Å². The number of anilines is 1. The van der Waals surface area contributed by atoms with E-state index in [2.05, 4.69) is 27.6 Å². The molecule has 4 atom stereocenters. The van der Waals surface area contributed by atoms with Crippen LogP contribution in [-0.4, -0.2) is 54.7 Å². The summed E-state index contributed by atoms with van der Waals surface area (Å²) in [5.41, 5.74) is 5.40. The van der Waals surface area contributed by atoms with Gasteiger partial charge in [0.15, 0.2) is 23.5 Å². The molecule has 3 rings (SSSR count). The molecular formula is C14H19N5O5S. The summed E-state index contributed by atoms with van der Waals surface area (Å²) in [6.45, 7) is 3.30. The van der Waals surface area contributed by atoms with Crippen molar-refractivity contribution in [2.45, 2.75) is 44.8 Å². The number of esters is 1. The zero-order chi connectivity index (χ0) is 18.3. The second-order valence-corrected chi connectivity index (χ2v) is 6.06. The lowest BCUT2D eigenvalue weighted by Gasteiger charge is -2.22. The molecule has 11 heteroatoms. The van der Waals surface area contributed by atoms with Crippen LogP contribution < -0.4 is 11.3 Å². The van der Waals surface area contributed by atoms with Crippen molar-refractivity contribution in [1.29, 1.82) is 0 Å². The van der Waals surface area contributed by atoms with E-state index in [1.807, 2.05) is 0 Å². The summed E-state index contributed by atoms with van der Waals surface area (Å²) < 4.78 is 12.7. The molecule has 10 nitrogen and oxygen atoms in total. The molecule has 0 aliphatic carbocycles. The Morgan fingerprint density at radius 3 is 2.88 bits per heavy atom. The number of nitrogens with zero attached hydrogens (tertiary/aromatic N) is 3. The third-order valence-corrected chi connectivity index (χ3v) is 4.41. The maximum absolute atomic E-state index is 12.0. The minimum atomic E-state index is -1.07. The number of fused-ring (bicyclic) bond motifs is 1. The Morgan fingerprint density at radius 2 is 2.24 bits per heavy atom. The molecule has 0 unspecified atom stereocenters. The van der Waals surface area contributed by atoms with Gasteiger partial charge in [-0.25, -0.2) is 4.98 Å². The van der Waals surface area contributed by atoms with Gasteiger partial charge in [-0.05, 0) is 6.92 Å². The van der Waals surface area contributed by atoms with Crippen LogP contribution in [0.15, 0.2) is 4.79 Å². The first-order valence-corrected chi connectivity index (χ1v) is 8.38. The number of ether oxygens (including phenoxy) is 2. The van der Waals surface area contributed by atoms with Gasteiger partial charge in [-0.15, -0.1) is 0 Å². The number of imidazole rings is 1. The number of aryl methyl sites for hydroxylation is 1. The number of nitrogens with two attached hydrogens (primary N) is 1. The van der Waals surface area contributed by atoms with Crippen LogP contribution in [0.4, 0.5) is 5.95 Å². The van der Waals surface area contributed by atoms with E-state index in [1.54, 1.807) is 13.8 Å². The number of thiol groups is 1. The van der Waals surface area contributed by atoms with Crippen LogP contribution in [0.3, 0.4) is 0 Å². The van der Waals surface area contributed by atoms with Gasteiger partial charge in [0, 0.05) is 12.2 Å². The molecule has 25 heavy (non-hydrogen) atoms. The molecule has 1 saturated heterocycles. The SMILES string of the molecule is CCC(=O)O[C@@H]1[C@H](O)[C@@H](CS)O[C@H]1n1c(C)nc2c(=O)[nH]c(N)nc21. The Hall–Kier alpha value is -2.11. The summed E-state index contributed by atoms with van der Waals surface area (Å²) in [6.07, 6.45) is -3.46. The van der Waals surface area contributed by atoms with E-state index < -0.39 is 36.1 Å². The molecule has 0 amide bonds. The van der Waals surface area contributed by atoms with Crippen molar-refractivity contribution in [2.75, 3.05) is 11.5 Å². The number of aliphatic hydroxyl groups is 1. The van der Waals surface area contributed by atoms with Crippen LogP contribution in [0.1, 0.15) is 25.4 Å². The zero-order valence-electron chi connectivity index (χ0n) is 13.7. The van der Waals surface area contributed by atoms with E-state index in [0.717, 1.165) is 0 Å². The third kappa shape index (κ3) is 2.98. The number of carbonyl (C=O) groups is 1. The fraction of sp³-hybridized carbons (Fsp3) is 0.571. The predicted octanol–water partition coefficient (Wildman–Crippen LogP) is -0.480. The van der Waals surface area contributed by atoms with Crippen LogP contribution in [0.25, 0.3) is 11.2 Å². The number of aromatic nitrogens is 4. The van der Waals surface area contributed by atoms with Crippen molar-refractivity contribution < 1.29 is 19.4 Å². The van der Waals surface area contributed by atoms with Crippen molar-refractivity contribution >= 4 is 35.7 Å². The van der Waals surface area contributed by atoms with E-state index in [9.17, 15) is 14.7 Å². The summed E-state index contributed by atoms with van der Waals surface area (Å²) in [5, 5.41) is 10.4. The lowest BCUT2D eigenvalue weighted by Crippen LogP contribution is -2.36. The lowest BCUT2D eigenvalue weighted by atomic mass is 10.1. The second kappa shape index (κ2) is 6.65. The summed E-state index contributed by atoms with van der Waals surface area (Å²) in [5.74, 6) is 0.0720. The van der Waals surface area contributed by atoms with Crippen LogP contribution in [0.5, 0.6) is 0 Å². The van der Waals surface area contributed by atoms with E-state index in [1.165, 1.54) is 4.57 Å². The monoisotopic (exact) mass is 369 g/mol. The number of hydrogen-bond acceptors (Lipinski definition) is 9. The first kappa shape index (κ1) is 17.7. The number of aliphatic hydroxyl groups excluding tert-OH is 1. The van der Waals surface area contributed by atoms with Crippen LogP contribution in [0, 0.1) is 6.92 Å².